The molecule has 6 rings (SSSR count). The summed E-state index contributed by atoms with van der Waals surface area (Å²) in [5.74, 6) is 2.26. The molecule has 0 atom stereocenters. The van der Waals surface area contributed by atoms with Crippen molar-refractivity contribution in [3.05, 3.63) is 17.7 Å². The van der Waals surface area contributed by atoms with E-state index in [1.54, 1.807) is 12.1 Å². The van der Waals surface area contributed by atoms with Crippen LogP contribution in [0.4, 0.5) is 5.69 Å². The first-order chi connectivity index (χ1) is 14.4. The standard InChI is InChI=1S/C23H27NO6/c1-13(25)17-5-19-20(30-12-29-19)6-18(17)24-21(26)11-28-22(27)10-23-7-14-2-15(8-23)4-16(3-14)9-23/h5-6,14-16H,2-4,7-12H2,1H3,(H,24,26). The third-order valence-corrected chi connectivity index (χ3v) is 7.21. The number of ether oxygens (including phenoxy) is 3. The number of carbonyl (C=O) groups is 3. The molecule has 1 aromatic rings. The lowest BCUT2D eigenvalue weighted by Crippen LogP contribution is -2.47. The average Bonchev–Trinajstić information content (AvgIpc) is 3.11. The van der Waals surface area contributed by atoms with E-state index in [-0.39, 0.29) is 30.6 Å². The topological polar surface area (TPSA) is 90.9 Å². The fraction of sp³-hybridized carbons (Fsp3) is 0.609. The van der Waals surface area contributed by atoms with Gasteiger partial charge in [-0.2, -0.15) is 0 Å². The van der Waals surface area contributed by atoms with Crippen LogP contribution in [0.25, 0.3) is 0 Å². The molecule has 160 valence electrons. The summed E-state index contributed by atoms with van der Waals surface area (Å²) in [6.45, 7) is 1.13. The molecule has 1 heterocycles. The number of Topliss-reactive ketones (excluding diaryl/α,β-unsaturated/α-hetero) is 1. The zero-order valence-corrected chi connectivity index (χ0v) is 17.2. The zero-order valence-electron chi connectivity index (χ0n) is 17.2. The highest BCUT2D eigenvalue weighted by Gasteiger charge is 2.51. The Hall–Kier alpha value is -2.57. The fourth-order valence-corrected chi connectivity index (χ4v) is 6.53. The molecule has 1 aromatic carbocycles. The SMILES string of the molecule is CC(=O)c1cc2c(cc1NC(=O)COC(=O)CC13CC4CC(CC(C4)C1)C3)OCO2. The summed E-state index contributed by atoms with van der Waals surface area (Å²) in [5.41, 5.74) is 0.739. The number of amides is 1. The Bertz CT molecular complexity index is 872. The largest absolute Gasteiger partial charge is 0.456 e. The van der Waals surface area contributed by atoms with Gasteiger partial charge in [0, 0.05) is 11.6 Å². The lowest BCUT2D eigenvalue weighted by atomic mass is 9.49. The van der Waals surface area contributed by atoms with E-state index in [4.69, 9.17) is 14.2 Å². The second-order valence-electron chi connectivity index (χ2n) is 9.61. The zero-order chi connectivity index (χ0) is 20.9. The monoisotopic (exact) mass is 413 g/mol. The van der Waals surface area contributed by atoms with Gasteiger partial charge < -0.3 is 19.5 Å². The highest BCUT2D eigenvalue weighted by atomic mass is 16.7. The van der Waals surface area contributed by atoms with Crippen LogP contribution >= 0.6 is 0 Å². The molecule has 0 saturated heterocycles. The minimum Gasteiger partial charge on any atom is -0.456 e. The summed E-state index contributed by atoms with van der Waals surface area (Å²) >= 11 is 0. The molecule has 1 aliphatic heterocycles. The van der Waals surface area contributed by atoms with Crippen LogP contribution in [0, 0.1) is 23.2 Å². The van der Waals surface area contributed by atoms with Gasteiger partial charge in [-0.25, -0.2) is 0 Å². The second kappa shape index (κ2) is 7.29. The highest BCUT2D eigenvalue weighted by molar-refractivity contribution is 6.05. The maximum atomic E-state index is 12.5. The average molecular weight is 413 g/mol. The Morgan fingerprint density at radius 3 is 2.23 bits per heavy atom. The number of esters is 1. The van der Waals surface area contributed by atoms with E-state index < -0.39 is 5.91 Å². The van der Waals surface area contributed by atoms with Gasteiger partial charge in [-0.3, -0.25) is 14.4 Å². The predicted molar refractivity (Wildman–Crippen MR) is 107 cm³/mol. The van der Waals surface area contributed by atoms with Gasteiger partial charge >= 0.3 is 5.97 Å². The minimum absolute atomic E-state index is 0.0754. The van der Waals surface area contributed by atoms with E-state index >= 15 is 0 Å². The van der Waals surface area contributed by atoms with Crippen molar-refractivity contribution in [1.82, 2.24) is 0 Å². The van der Waals surface area contributed by atoms with E-state index in [0.717, 1.165) is 37.0 Å². The minimum atomic E-state index is -0.477. The van der Waals surface area contributed by atoms with Crippen LogP contribution in [0.2, 0.25) is 0 Å². The Balaban J connectivity index is 1.18. The number of nitrogens with one attached hydrogen (secondary N) is 1. The number of benzene rings is 1. The molecule has 7 heteroatoms. The van der Waals surface area contributed by atoms with Crippen molar-refractivity contribution in [1.29, 1.82) is 0 Å². The van der Waals surface area contributed by atoms with E-state index in [0.29, 0.717) is 29.2 Å². The molecule has 5 aliphatic rings. The molecule has 0 radical (unpaired) electrons. The lowest BCUT2D eigenvalue weighted by molar-refractivity contribution is -0.154. The molecule has 0 unspecified atom stereocenters. The number of ketones is 1. The second-order valence-corrected chi connectivity index (χ2v) is 9.61. The number of anilines is 1. The van der Waals surface area contributed by atoms with Crippen LogP contribution in [-0.2, 0) is 14.3 Å². The number of fused-ring (bicyclic) bond motifs is 1. The Morgan fingerprint density at radius 2 is 1.63 bits per heavy atom. The van der Waals surface area contributed by atoms with Crippen molar-refractivity contribution in [3.8, 4) is 11.5 Å². The van der Waals surface area contributed by atoms with Crippen molar-refractivity contribution < 1.29 is 28.6 Å². The molecule has 30 heavy (non-hydrogen) atoms. The molecule has 4 aliphatic carbocycles. The normalized spacial score (nSPS) is 30.2. The molecule has 4 bridgehead atoms. The number of hydrogen-bond donors (Lipinski definition) is 1. The molecule has 7 nitrogen and oxygen atoms in total. The third kappa shape index (κ3) is 3.66. The Labute approximate surface area is 175 Å². The Kier molecular flexibility index (Phi) is 4.71. The van der Waals surface area contributed by atoms with Crippen LogP contribution in [0.3, 0.4) is 0 Å². The smallest absolute Gasteiger partial charge is 0.306 e. The van der Waals surface area contributed by atoms with Crippen LogP contribution in [0.15, 0.2) is 12.1 Å². The predicted octanol–water partition coefficient (Wildman–Crippen LogP) is 3.71. The van der Waals surface area contributed by atoms with Gasteiger partial charge in [-0.05, 0) is 74.7 Å². The molecule has 0 aromatic heterocycles. The van der Waals surface area contributed by atoms with Gasteiger partial charge in [0.05, 0.1) is 12.1 Å². The molecular weight excluding hydrogens is 386 g/mol. The summed E-state index contributed by atoms with van der Waals surface area (Å²) < 4.78 is 15.9. The first kappa shape index (κ1) is 19.4. The van der Waals surface area contributed by atoms with Gasteiger partial charge in [0.15, 0.2) is 23.9 Å². The first-order valence-corrected chi connectivity index (χ1v) is 10.8. The fourth-order valence-electron chi connectivity index (χ4n) is 6.53. The number of carbonyl (C=O) groups excluding carboxylic acids is 3. The number of rotatable bonds is 6. The Morgan fingerprint density at radius 1 is 1.03 bits per heavy atom. The van der Waals surface area contributed by atoms with Crippen molar-refractivity contribution >= 4 is 23.3 Å². The summed E-state index contributed by atoms with van der Waals surface area (Å²) in [5, 5.41) is 2.66. The lowest BCUT2D eigenvalue weighted by Gasteiger charge is -2.56. The van der Waals surface area contributed by atoms with Crippen molar-refractivity contribution in [2.24, 2.45) is 23.2 Å². The van der Waals surface area contributed by atoms with Crippen LogP contribution < -0.4 is 14.8 Å². The van der Waals surface area contributed by atoms with Gasteiger partial charge in [-0.15, -0.1) is 0 Å². The molecule has 1 amide bonds. The van der Waals surface area contributed by atoms with Gasteiger partial charge in [0.2, 0.25) is 6.79 Å². The molecule has 1 N–H and O–H groups in total. The maximum absolute atomic E-state index is 12.5. The molecule has 4 fully saturated rings. The number of hydrogen-bond acceptors (Lipinski definition) is 6. The summed E-state index contributed by atoms with van der Waals surface area (Å²) in [6.07, 6.45) is 7.76. The van der Waals surface area contributed by atoms with Crippen LogP contribution in [0.5, 0.6) is 11.5 Å². The summed E-state index contributed by atoms with van der Waals surface area (Å²) in [6, 6.07) is 3.12. The quantitative estimate of drug-likeness (QED) is 0.565. The van der Waals surface area contributed by atoms with Crippen LogP contribution in [-0.4, -0.2) is 31.1 Å². The van der Waals surface area contributed by atoms with E-state index in [1.807, 2.05) is 0 Å². The molecule has 4 saturated carbocycles. The van der Waals surface area contributed by atoms with E-state index in [2.05, 4.69) is 5.32 Å². The van der Waals surface area contributed by atoms with Crippen molar-refractivity contribution in [2.45, 2.75) is 51.9 Å². The molecular formula is C23H27NO6. The van der Waals surface area contributed by atoms with E-state index in [1.165, 1.54) is 26.2 Å². The third-order valence-electron chi connectivity index (χ3n) is 7.21. The summed E-state index contributed by atoms with van der Waals surface area (Å²) in [4.78, 5) is 36.8. The van der Waals surface area contributed by atoms with Gasteiger partial charge in [0.1, 0.15) is 0 Å². The maximum Gasteiger partial charge on any atom is 0.306 e. The van der Waals surface area contributed by atoms with E-state index in [9.17, 15) is 14.4 Å². The summed E-state index contributed by atoms with van der Waals surface area (Å²) in [7, 11) is 0. The first-order valence-electron chi connectivity index (χ1n) is 10.8. The van der Waals surface area contributed by atoms with Crippen molar-refractivity contribution in [2.75, 3.05) is 18.7 Å². The van der Waals surface area contributed by atoms with Crippen LogP contribution in [0.1, 0.15) is 62.2 Å². The van der Waals surface area contributed by atoms with Gasteiger partial charge in [-0.1, -0.05) is 0 Å². The highest BCUT2D eigenvalue weighted by Crippen LogP contribution is 2.61. The van der Waals surface area contributed by atoms with Gasteiger partial charge in [0.25, 0.3) is 5.91 Å². The van der Waals surface area contributed by atoms with Crippen molar-refractivity contribution in [3.63, 3.8) is 0 Å². The molecule has 0 spiro atoms.